The number of aryl methyl sites for hydroxylation is 1. The lowest BCUT2D eigenvalue weighted by Gasteiger charge is -2.10. The molecule has 0 heterocycles. The first-order valence-electron chi connectivity index (χ1n) is 4.92. The molecule has 0 aliphatic rings. The van der Waals surface area contributed by atoms with E-state index < -0.39 is 0 Å². The van der Waals surface area contributed by atoms with E-state index in [0.717, 1.165) is 11.1 Å². The fourth-order valence-corrected chi connectivity index (χ4v) is 1.55. The summed E-state index contributed by atoms with van der Waals surface area (Å²) >= 11 is 0. The molecule has 0 amide bonds. The molecule has 16 heavy (non-hydrogen) atoms. The SMILES string of the molecule is COC(=O)Cc1c(C)ccc(CN)c1C#N. The predicted octanol–water partition coefficient (Wildman–Crippen LogP) is 1.04. The minimum Gasteiger partial charge on any atom is -0.469 e. The Labute approximate surface area is 94.6 Å². The number of nitriles is 1. The largest absolute Gasteiger partial charge is 0.469 e. The molecule has 84 valence electrons. The van der Waals surface area contributed by atoms with E-state index in [-0.39, 0.29) is 18.9 Å². The molecule has 2 N–H and O–H groups in total. The number of carbonyl (C=O) groups is 1. The average Bonchev–Trinajstić information content (AvgIpc) is 2.31. The summed E-state index contributed by atoms with van der Waals surface area (Å²) in [5.74, 6) is -0.353. The van der Waals surface area contributed by atoms with Gasteiger partial charge in [0, 0.05) is 6.54 Å². The van der Waals surface area contributed by atoms with Crippen molar-refractivity contribution in [2.45, 2.75) is 19.9 Å². The molecule has 1 aromatic rings. The van der Waals surface area contributed by atoms with Crippen molar-refractivity contribution in [1.29, 1.82) is 5.26 Å². The van der Waals surface area contributed by atoms with Gasteiger partial charge in [0.2, 0.25) is 0 Å². The number of hydrogen-bond donors (Lipinski definition) is 1. The molecule has 0 aliphatic heterocycles. The number of esters is 1. The Hall–Kier alpha value is -1.86. The van der Waals surface area contributed by atoms with Crippen molar-refractivity contribution >= 4 is 5.97 Å². The van der Waals surface area contributed by atoms with Crippen molar-refractivity contribution in [3.63, 3.8) is 0 Å². The fraction of sp³-hybridized carbons (Fsp3) is 0.333. The van der Waals surface area contributed by atoms with Gasteiger partial charge >= 0.3 is 5.97 Å². The van der Waals surface area contributed by atoms with Crippen LogP contribution in [0.2, 0.25) is 0 Å². The summed E-state index contributed by atoms with van der Waals surface area (Å²) in [5, 5.41) is 9.08. The molecule has 0 saturated heterocycles. The van der Waals surface area contributed by atoms with E-state index in [2.05, 4.69) is 10.8 Å². The van der Waals surface area contributed by atoms with Crippen LogP contribution < -0.4 is 5.73 Å². The number of methoxy groups -OCH3 is 1. The van der Waals surface area contributed by atoms with Crippen LogP contribution in [0.4, 0.5) is 0 Å². The molecule has 1 aromatic carbocycles. The second kappa shape index (κ2) is 5.29. The molecule has 0 unspecified atom stereocenters. The quantitative estimate of drug-likeness (QED) is 0.769. The first-order valence-corrected chi connectivity index (χ1v) is 4.92. The molecule has 0 radical (unpaired) electrons. The topological polar surface area (TPSA) is 76.1 Å². The molecule has 0 fully saturated rings. The van der Waals surface area contributed by atoms with Crippen LogP contribution in [-0.4, -0.2) is 13.1 Å². The monoisotopic (exact) mass is 218 g/mol. The van der Waals surface area contributed by atoms with Gasteiger partial charge < -0.3 is 10.5 Å². The normalized spacial score (nSPS) is 9.62. The highest BCUT2D eigenvalue weighted by Gasteiger charge is 2.13. The van der Waals surface area contributed by atoms with Gasteiger partial charge in [0.15, 0.2) is 0 Å². The Morgan fingerprint density at radius 3 is 2.75 bits per heavy atom. The molecule has 0 bridgehead atoms. The van der Waals surface area contributed by atoms with Gasteiger partial charge in [-0.15, -0.1) is 0 Å². The Balaban J connectivity index is 3.25. The summed E-state index contributed by atoms with van der Waals surface area (Å²) in [6.45, 7) is 2.15. The lowest BCUT2D eigenvalue weighted by atomic mass is 9.95. The van der Waals surface area contributed by atoms with Crippen molar-refractivity contribution in [3.8, 4) is 6.07 Å². The zero-order valence-electron chi connectivity index (χ0n) is 9.41. The van der Waals surface area contributed by atoms with Crippen molar-refractivity contribution in [3.05, 3.63) is 34.4 Å². The zero-order valence-corrected chi connectivity index (χ0v) is 9.41. The maximum absolute atomic E-state index is 11.2. The van der Waals surface area contributed by atoms with Crippen molar-refractivity contribution in [2.24, 2.45) is 5.73 Å². The van der Waals surface area contributed by atoms with Gasteiger partial charge in [-0.05, 0) is 23.6 Å². The highest BCUT2D eigenvalue weighted by molar-refractivity contribution is 5.74. The lowest BCUT2D eigenvalue weighted by molar-refractivity contribution is -0.139. The van der Waals surface area contributed by atoms with E-state index in [9.17, 15) is 4.79 Å². The molecular formula is C12H14N2O2. The molecule has 1 rings (SSSR count). The summed E-state index contributed by atoms with van der Waals surface area (Å²) in [5.41, 5.74) is 8.40. The van der Waals surface area contributed by atoms with E-state index in [1.165, 1.54) is 7.11 Å². The second-order valence-corrected chi connectivity index (χ2v) is 3.46. The van der Waals surface area contributed by atoms with E-state index in [4.69, 9.17) is 11.0 Å². The van der Waals surface area contributed by atoms with E-state index in [1.54, 1.807) is 0 Å². The molecule has 0 saturated carbocycles. The van der Waals surface area contributed by atoms with Crippen LogP contribution in [0.5, 0.6) is 0 Å². The number of ether oxygens (including phenoxy) is 1. The molecule has 0 aliphatic carbocycles. The first kappa shape index (κ1) is 12.2. The predicted molar refractivity (Wildman–Crippen MR) is 59.5 cm³/mol. The van der Waals surface area contributed by atoms with Gasteiger partial charge in [-0.1, -0.05) is 12.1 Å². The summed E-state index contributed by atoms with van der Waals surface area (Å²) in [7, 11) is 1.33. The van der Waals surface area contributed by atoms with Crippen molar-refractivity contribution in [1.82, 2.24) is 0 Å². The Bertz CT molecular complexity index is 447. The fourth-order valence-electron chi connectivity index (χ4n) is 1.55. The van der Waals surface area contributed by atoms with E-state index >= 15 is 0 Å². The minimum absolute atomic E-state index is 0.110. The van der Waals surface area contributed by atoms with Crippen LogP contribution in [0.25, 0.3) is 0 Å². The summed E-state index contributed by atoms with van der Waals surface area (Å²) < 4.78 is 4.60. The van der Waals surface area contributed by atoms with Crippen LogP contribution in [-0.2, 0) is 22.5 Å². The highest BCUT2D eigenvalue weighted by Crippen LogP contribution is 2.19. The molecular weight excluding hydrogens is 204 g/mol. The molecule has 0 atom stereocenters. The zero-order chi connectivity index (χ0) is 12.1. The number of rotatable bonds is 3. The minimum atomic E-state index is -0.353. The highest BCUT2D eigenvalue weighted by atomic mass is 16.5. The van der Waals surface area contributed by atoms with Gasteiger partial charge in [-0.3, -0.25) is 4.79 Å². The third-order valence-corrected chi connectivity index (χ3v) is 2.51. The maximum atomic E-state index is 11.2. The van der Waals surface area contributed by atoms with Crippen LogP contribution in [0.3, 0.4) is 0 Å². The maximum Gasteiger partial charge on any atom is 0.310 e. The summed E-state index contributed by atoms with van der Waals surface area (Å²) in [6, 6.07) is 5.77. The van der Waals surface area contributed by atoms with Crippen LogP contribution >= 0.6 is 0 Å². The van der Waals surface area contributed by atoms with Gasteiger partial charge in [0.1, 0.15) is 0 Å². The smallest absolute Gasteiger partial charge is 0.310 e. The number of carbonyl (C=O) groups excluding carboxylic acids is 1. The third-order valence-electron chi connectivity index (χ3n) is 2.51. The van der Waals surface area contributed by atoms with Gasteiger partial charge in [-0.2, -0.15) is 5.26 Å². The Kier molecular flexibility index (Phi) is 4.03. The van der Waals surface area contributed by atoms with Gasteiger partial charge in [0.05, 0.1) is 25.2 Å². The Morgan fingerprint density at radius 2 is 2.25 bits per heavy atom. The summed E-state index contributed by atoms with van der Waals surface area (Å²) in [6.07, 6.45) is 0.110. The first-order chi connectivity index (χ1) is 7.63. The number of benzene rings is 1. The Morgan fingerprint density at radius 1 is 1.56 bits per heavy atom. The van der Waals surface area contributed by atoms with Crippen LogP contribution in [0, 0.1) is 18.3 Å². The number of nitrogens with two attached hydrogens (primary N) is 1. The van der Waals surface area contributed by atoms with Crippen LogP contribution in [0.15, 0.2) is 12.1 Å². The second-order valence-electron chi connectivity index (χ2n) is 3.46. The lowest BCUT2D eigenvalue weighted by Crippen LogP contribution is -2.10. The third kappa shape index (κ3) is 2.38. The standard InChI is InChI=1S/C12H14N2O2/c1-8-3-4-9(6-13)11(7-14)10(8)5-12(15)16-2/h3-4H,5-6,13H2,1-2H3. The van der Waals surface area contributed by atoms with Crippen LogP contribution in [0.1, 0.15) is 22.3 Å². The summed E-state index contributed by atoms with van der Waals surface area (Å²) in [4.78, 5) is 11.2. The molecule has 4 nitrogen and oxygen atoms in total. The van der Waals surface area contributed by atoms with Gasteiger partial charge in [0.25, 0.3) is 0 Å². The van der Waals surface area contributed by atoms with Gasteiger partial charge in [-0.25, -0.2) is 0 Å². The number of nitrogens with zero attached hydrogens (tertiary/aromatic N) is 1. The molecule has 0 spiro atoms. The average molecular weight is 218 g/mol. The molecule has 4 heteroatoms. The van der Waals surface area contributed by atoms with Crippen molar-refractivity contribution < 1.29 is 9.53 Å². The van der Waals surface area contributed by atoms with E-state index in [0.29, 0.717) is 11.1 Å². The molecule has 0 aromatic heterocycles. The van der Waals surface area contributed by atoms with Crippen molar-refractivity contribution in [2.75, 3.05) is 7.11 Å². The van der Waals surface area contributed by atoms with E-state index in [1.807, 2.05) is 19.1 Å². The number of hydrogen-bond acceptors (Lipinski definition) is 4.